The third-order valence-corrected chi connectivity index (χ3v) is 5.48. The third-order valence-electron chi connectivity index (χ3n) is 5.48. The summed E-state index contributed by atoms with van der Waals surface area (Å²) in [4.78, 5) is 60.5. The standard InChI is InChI=1S/C23H35N5O6/c1-4-13(2)19(23(33)34)28-22(32)17(10-11-18(25)29)27-20(30)14(3)26-21(31)16(24)12-15-8-6-5-7-9-15/h5-9,13-14,16-17,19H,4,10-12,24H2,1-3H3,(H2,25,29)(H,26,31)(H,27,30)(H,28,32)(H,33,34). The summed E-state index contributed by atoms with van der Waals surface area (Å²) in [5.41, 5.74) is 12.0. The second-order valence-electron chi connectivity index (χ2n) is 8.30. The van der Waals surface area contributed by atoms with Crippen LogP contribution in [-0.2, 0) is 30.4 Å². The fraction of sp³-hybridized carbons (Fsp3) is 0.522. The van der Waals surface area contributed by atoms with Crippen LogP contribution in [0, 0.1) is 5.92 Å². The number of hydrogen-bond acceptors (Lipinski definition) is 6. The van der Waals surface area contributed by atoms with Crippen LogP contribution in [0.5, 0.6) is 0 Å². The molecule has 0 aromatic heterocycles. The maximum absolute atomic E-state index is 12.7. The maximum atomic E-state index is 12.7. The van der Waals surface area contributed by atoms with Crippen molar-refractivity contribution in [2.45, 2.75) is 70.6 Å². The number of amides is 4. The summed E-state index contributed by atoms with van der Waals surface area (Å²) in [6.07, 6.45) is 0.439. The SMILES string of the molecule is CCC(C)C(NC(=O)C(CCC(N)=O)NC(=O)C(C)NC(=O)C(N)Cc1ccccc1)C(=O)O. The van der Waals surface area contributed by atoms with Gasteiger partial charge in [-0.05, 0) is 31.2 Å². The van der Waals surface area contributed by atoms with Crippen LogP contribution in [0.15, 0.2) is 30.3 Å². The predicted octanol–water partition coefficient (Wildman–Crippen LogP) is -0.573. The molecule has 0 saturated carbocycles. The summed E-state index contributed by atoms with van der Waals surface area (Å²) in [6.45, 7) is 4.88. The van der Waals surface area contributed by atoms with E-state index in [0.717, 1.165) is 5.56 Å². The van der Waals surface area contributed by atoms with Gasteiger partial charge in [0.05, 0.1) is 6.04 Å². The van der Waals surface area contributed by atoms with E-state index in [1.165, 1.54) is 6.92 Å². The minimum Gasteiger partial charge on any atom is -0.480 e. The largest absolute Gasteiger partial charge is 0.480 e. The highest BCUT2D eigenvalue weighted by Crippen LogP contribution is 2.09. The first-order chi connectivity index (χ1) is 16.0. The van der Waals surface area contributed by atoms with Gasteiger partial charge in [-0.1, -0.05) is 50.6 Å². The highest BCUT2D eigenvalue weighted by Gasteiger charge is 2.31. The average Bonchev–Trinajstić information content (AvgIpc) is 2.79. The molecule has 34 heavy (non-hydrogen) atoms. The van der Waals surface area contributed by atoms with E-state index in [4.69, 9.17) is 11.5 Å². The zero-order chi connectivity index (χ0) is 25.8. The van der Waals surface area contributed by atoms with Gasteiger partial charge < -0.3 is 32.5 Å². The van der Waals surface area contributed by atoms with Gasteiger partial charge in [0, 0.05) is 6.42 Å². The van der Waals surface area contributed by atoms with Crippen LogP contribution in [0.3, 0.4) is 0 Å². The average molecular weight is 478 g/mol. The van der Waals surface area contributed by atoms with Crippen molar-refractivity contribution in [3.63, 3.8) is 0 Å². The molecule has 0 saturated heterocycles. The van der Waals surface area contributed by atoms with Crippen LogP contribution >= 0.6 is 0 Å². The molecular weight excluding hydrogens is 442 g/mol. The summed E-state index contributed by atoms with van der Waals surface area (Å²) in [6, 6.07) is 4.83. The van der Waals surface area contributed by atoms with Gasteiger partial charge in [-0.25, -0.2) is 4.79 Å². The Morgan fingerprint density at radius 2 is 1.56 bits per heavy atom. The fourth-order valence-corrected chi connectivity index (χ4v) is 3.14. The number of nitrogens with two attached hydrogens (primary N) is 2. The third kappa shape index (κ3) is 9.57. The zero-order valence-electron chi connectivity index (χ0n) is 19.7. The molecule has 0 bridgehead atoms. The lowest BCUT2D eigenvalue weighted by Gasteiger charge is -2.25. The first-order valence-electron chi connectivity index (χ1n) is 11.2. The van der Waals surface area contributed by atoms with Crippen molar-refractivity contribution in [3.05, 3.63) is 35.9 Å². The molecule has 1 aromatic carbocycles. The Bertz CT molecular complexity index is 863. The van der Waals surface area contributed by atoms with E-state index >= 15 is 0 Å². The molecule has 1 rings (SSSR count). The lowest BCUT2D eigenvalue weighted by atomic mass is 9.98. The van der Waals surface area contributed by atoms with E-state index in [1.54, 1.807) is 13.8 Å². The molecule has 0 aliphatic heterocycles. The second-order valence-corrected chi connectivity index (χ2v) is 8.30. The van der Waals surface area contributed by atoms with Crippen molar-refractivity contribution < 1.29 is 29.1 Å². The molecule has 5 unspecified atom stereocenters. The number of benzene rings is 1. The van der Waals surface area contributed by atoms with E-state index in [0.29, 0.717) is 6.42 Å². The molecule has 0 aliphatic carbocycles. The summed E-state index contributed by atoms with van der Waals surface area (Å²) in [5, 5.41) is 16.8. The molecule has 1 aromatic rings. The molecule has 0 aliphatic rings. The van der Waals surface area contributed by atoms with Gasteiger partial charge in [0.2, 0.25) is 23.6 Å². The van der Waals surface area contributed by atoms with Crippen LogP contribution in [0.25, 0.3) is 0 Å². The van der Waals surface area contributed by atoms with Gasteiger partial charge in [0.25, 0.3) is 0 Å². The zero-order valence-corrected chi connectivity index (χ0v) is 19.7. The number of carboxylic acid groups (broad SMARTS) is 1. The van der Waals surface area contributed by atoms with Crippen molar-refractivity contribution in [2.75, 3.05) is 0 Å². The number of carbonyl (C=O) groups is 5. The normalized spacial score (nSPS) is 15.2. The quantitative estimate of drug-likeness (QED) is 0.206. The fourth-order valence-electron chi connectivity index (χ4n) is 3.14. The monoisotopic (exact) mass is 477 g/mol. The summed E-state index contributed by atoms with van der Waals surface area (Å²) >= 11 is 0. The van der Waals surface area contributed by atoms with Crippen LogP contribution in [0.4, 0.5) is 0 Å². The van der Waals surface area contributed by atoms with Gasteiger partial charge in [-0.15, -0.1) is 0 Å². The summed E-state index contributed by atoms with van der Waals surface area (Å²) in [7, 11) is 0. The molecule has 0 radical (unpaired) electrons. The number of carbonyl (C=O) groups excluding carboxylic acids is 4. The molecule has 11 nitrogen and oxygen atoms in total. The molecule has 0 spiro atoms. The molecule has 5 atom stereocenters. The molecular formula is C23H35N5O6. The Morgan fingerprint density at radius 1 is 0.941 bits per heavy atom. The highest BCUT2D eigenvalue weighted by atomic mass is 16.4. The number of aliphatic carboxylic acids is 1. The molecule has 0 fully saturated rings. The van der Waals surface area contributed by atoms with Crippen LogP contribution < -0.4 is 27.4 Å². The molecule has 8 N–H and O–H groups in total. The van der Waals surface area contributed by atoms with Crippen molar-refractivity contribution in [1.82, 2.24) is 16.0 Å². The Kier molecular flexibility index (Phi) is 11.7. The molecule has 0 heterocycles. The first-order valence-corrected chi connectivity index (χ1v) is 11.2. The van der Waals surface area contributed by atoms with Crippen molar-refractivity contribution >= 4 is 29.6 Å². The number of primary amides is 1. The van der Waals surface area contributed by atoms with E-state index in [9.17, 15) is 29.1 Å². The minimum atomic E-state index is -1.22. The summed E-state index contributed by atoms with van der Waals surface area (Å²) < 4.78 is 0. The maximum Gasteiger partial charge on any atom is 0.326 e. The van der Waals surface area contributed by atoms with Crippen molar-refractivity contribution in [3.8, 4) is 0 Å². The minimum absolute atomic E-state index is 0.131. The lowest BCUT2D eigenvalue weighted by Crippen LogP contribution is -2.57. The Labute approximate surface area is 199 Å². The van der Waals surface area contributed by atoms with Crippen LogP contribution in [-0.4, -0.2) is 58.9 Å². The first kappa shape index (κ1) is 28.6. The van der Waals surface area contributed by atoms with Crippen molar-refractivity contribution in [2.24, 2.45) is 17.4 Å². The van der Waals surface area contributed by atoms with E-state index < -0.39 is 53.8 Å². The second kappa shape index (κ2) is 13.9. The smallest absolute Gasteiger partial charge is 0.326 e. The van der Waals surface area contributed by atoms with E-state index in [-0.39, 0.29) is 25.2 Å². The molecule has 11 heteroatoms. The number of nitrogens with one attached hydrogen (secondary N) is 3. The number of carboxylic acids is 1. The topological polar surface area (TPSA) is 194 Å². The van der Waals surface area contributed by atoms with Gasteiger partial charge >= 0.3 is 5.97 Å². The van der Waals surface area contributed by atoms with Crippen LogP contribution in [0.2, 0.25) is 0 Å². The molecule has 188 valence electrons. The van der Waals surface area contributed by atoms with Crippen molar-refractivity contribution in [1.29, 1.82) is 0 Å². The van der Waals surface area contributed by atoms with Gasteiger partial charge in [-0.2, -0.15) is 0 Å². The number of rotatable bonds is 14. The molecule has 4 amide bonds. The Hall–Kier alpha value is -3.47. The van der Waals surface area contributed by atoms with Gasteiger partial charge in [0.15, 0.2) is 0 Å². The Balaban J connectivity index is 2.80. The van der Waals surface area contributed by atoms with Gasteiger partial charge in [0.1, 0.15) is 18.1 Å². The summed E-state index contributed by atoms with van der Waals surface area (Å²) in [5.74, 6) is -4.26. The highest BCUT2D eigenvalue weighted by molar-refractivity contribution is 5.94. The Morgan fingerprint density at radius 3 is 2.09 bits per heavy atom. The lowest BCUT2D eigenvalue weighted by molar-refractivity contribution is -0.144. The number of hydrogen-bond donors (Lipinski definition) is 6. The van der Waals surface area contributed by atoms with Gasteiger partial charge in [-0.3, -0.25) is 19.2 Å². The van der Waals surface area contributed by atoms with E-state index in [1.807, 2.05) is 30.3 Å². The van der Waals surface area contributed by atoms with E-state index in [2.05, 4.69) is 16.0 Å². The predicted molar refractivity (Wildman–Crippen MR) is 125 cm³/mol. The van der Waals surface area contributed by atoms with Crippen LogP contribution in [0.1, 0.15) is 45.6 Å².